The number of nitrogens with one attached hydrogen (secondary N) is 2. The zero-order valence-corrected chi connectivity index (χ0v) is 16.1. The van der Waals surface area contributed by atoms with Crippen LogP contribution in [0.3, 0.4) is 0 Å². The Bertz CT molecular complexity index is 888. The fourth-order valence-electron chi connectivity index (χ4n) is 2.93. The Morgan fingerprint density at radius 2 is 1.79 bits per heavy atom. The number of hydrogen-bond acceptors (Lipinski definition) is 4. The zero-order valence-electron chi connectivity index (χ0n) is 16.1. The van der Waals surface area contributed by atoms with Crippen LogP contribution in [0, 0.1) is 5.92 Å². The molecule has 28 heavy (non-hydrogen) atoms. The van der Waals surface area contributed by atoms with E-state index in [2.05, 4.69) is 10.6 Å². The molecule has 0 unspecified atom stereocenters. The smallest absolute Gasteiger partial charge is 0.338 e. The topological polar surface area (TPSA) is 84.5 Å². The fraction of sp³-hybridized carbons (Fsp3) is 0.318. The number of anilines is 2. The highest BCUT2D eigenvalue weighted by molar-refractivity contribution is 6.05. The van der Waals surface area contributed by atoms with Crippen LogP contribution >= 0.6 is 0 Å². The normalized spacial score (nSPS) is 13.3. The molecule has 0 aromatic heterocycles. The van der Waals surface area contributed by atoms with Gasteiger partial charge in [0.2, 0.25) is 5.91 Å². The molecule has 0 radical (unpaired) electrons. The van der Waals surface area contributed by atoms with E-state index in [-0.39, 0.29) is 23.7 Å². The molecule has 1 heterocycles. The lowest BCUT2D eigenvalue weighted by molar-refractivity contribution is -0.116. The summed E-state index contributed by atoms with van der Waals surface area (Å²) >= 11 is 0. The summed E-state index contributed by atoms with van der Waals surface area (Å²) in [5.41, 5.74) is 3.29. The number of aryl methyl sites for hydroxylation is 1. The van der Waals surface area contributed by atoms with Crippen LogP contribution in [0.2, 0.25) is 0 Å². The van der Waals surface area contributed by atoms with Crippen molar-refractivity contribution >= 4 is 29.2 Å². The van der Waals surface area contributed by atoms with E-state index in [1.165, 1.54) is 0 Å². The number of carbonyl (C=O) groups excluding carboxylic acids is 3. The summed E-state index contributed by atoms with van der Waals surface area (Å²) in [6.45, 7) is 4.32. The van der Waals surface area contributed by atoms with Crippen molar-refractivity contribution in [1.29, 1.82) is 0 Å². The van der Waals surface area contributed by atoms with Crippen LogP contribution in [-0.4, -0.2) is 24.4 Å². The summed E-state index contributed by atoms with van der Waals surface area (Å²) in [6.07, 6.45) is 2.00. The molecule has 0 spiro atoms. The molecule has 0 atom stereocenters. The minimum absolute atomic E-state index is 0.00274. The van der Waals surface area contributed by atoms with Crippen LogP contribution in [-0.2, 0) is 16.0 Å². The molecule has 0 fully saturated rings. The van der Waals surface area contributed by atoms with E-state index in [9.17, 15) is 14.4 Å². The fourth-order valence-corrected chi connectivity index (χ4v) is 2.93. The van der Waals surface area contributed by atoms with Gasteiger partial charge >= 0.3 is 5.97 Å². The number of esters is 1. The van der Waals surface area contributed by atoms with Crippen molar-refractivity contribution in [2.24, 2.45) is 5.92 Å². The van der Waals surface area contributed by atoms with Gasteiger partial charge in [-0.1, -0.05) is 13.8 Å². The van der Waals surface area contributed by atoms with Crippen molar-refractivity contribution in [3.05, 3.63) is 59.2 Å². The van der Waals surface area contributed by atoms with E-state index in [4.69, 9.17) is 4.74 Å². The van der Waals surface area contributed by atoms with E-state index in [0.29, 0.717) is 29.8 Å². The van der Waals surface area contributed by atoms with Crippen molar-refractivity contribution in [2.45, 2.75) is 33.1 Å². The maximum atomic E-state index is 12.6. The first-order valence-corrected chi connectivity index (χ1v) is 9.43. The predicted molar refractivity (Wildman–Crippen MR) is 108 cm³/mol. The Balaban J connectivity index is 1.65. The molecule has 1 aliphatic heterocycles. The van der Waals surface area contributed by atoms with Gasteiger partial charge in [-0.3, -0.25) is 9.59 Å². The molecule has 146 valence electrons. The number of benzene rings is 2. The van der Waals surface area contributed by atoms with E-state index < -0.39 is 0 Å². The molecule has 6 heteroatoms. The average Bonchev–Trinajstić information content (AvgIpc) is 2.86. The second-order valence-corrected chi connectivity index (χ2v) is 7.30. The van der Waals surface area contributed by atoms with Crippen LogP contribution in [0.5, 0.6) is 0 Å². The number of amides is 2. The largest absolute Gasteiger partial charge is 0.462 e. The maximum absolute atomic E-state index is 12.6. The molecular formula is C22H24N2O4. The third kappa shape index (κ3) is 4.97. The predicted octanol–water partition coefficient (Wildman–Crippen LogP) is 4.03. The Morgan fingerprint density at radius 1 is 1.07 bits per heavy atom. The Labute approximate surface area is 164 Å². The van der Waals surface area contributed by atoms with Gasteiger partial charge < -0.3 is 15.4 Å². The van der Waals surface area contributed by atoms with Gasteiger partial charge in [-0.25, -0.2) is 4.79 Å². The van der Waals surface area contributed by atoms with Gasteiger partial charge in [0.05, 0.1) is 12.2 Å². The minimum Gasteiger partial charge on any atom is -0.462 e. The number of ether oxygens (including phenoxy) is 1. The average molecular weight is 380 g/mol. The van der Waals surface area contributed by atoms with Crippen molar-refractivity contribution in [2.75, 3.05) is 17.2 Å². The van der Waals surface area contributed by atoms with Crippen molar-refractivity contribution in [3.8, 4) is 0 Å². The molecule has 1 aliphatic rings. The van der Waals surface area contributed by atoms with Gasteiger partial charge in [0.1, 0.15) is 0 Å². The molecule has 2 amide bonds. The minimum atomic E-state index is -0.376. The van der Waals surface area contributed by atoms with E-state index in [0.717, 1.165) is 24.1 Å². The van der Waals surface area contributed by atoms with Crippen LogP contribution in [0.15, 0.2) is 42.5 Å². The highest BCUT2D eigenvalue weighted by Crippen LogP contribution is 2.24. The standard InChI is InChI=1S/C22H24N2O4/c1-14(2)13-28-22(27)15-6-9-18(10-7-15)23-21(26)17-8-11-19-16(12-17)4-3-5-20(25)24-19/h6-12,14H,3-5,13H2,1-2H3,(H,23,26)(H,24,25). The van der Waals surface area contributed by atoms with Crippen LogP contribution in [0.4, 0.5) is 11.4 Å². The Hall–Kier alpha value is -3.15. The summed E-state index contributed by atoms with van der Waals surface area (Å²) in [7, 11) is 0. The molecule has 6 nitrogen and oxygen atoms in total. The van der Waals surface area contributed by atoms with E-state index >= 15 is 0 Å². The maximum Gasteiger partial charge on any atom is 0.338 e. The summed E-state index contributed by atoms with van der Waals surface area (Å²) < 4.78 is 5.19. The first-order chi connectivity index (χ1) is 13.4. The second kappa shape index (κ2) is 8.69. The molecule has 3 rings (SSSR count). The van der Waals surface area contributed by atoms with Crippen molar-refractivity contribution in [1.82, 2.24) is 0 Å². The third-order valence-corrected chi connectivity index (χ3v) is 4.42. The SMILES string of the molecule is CC(C)COC(=O)c1ccc(NC(=O)c2ccc3c(c2)CCCC(=O)N3)cc1. The molecule has 0 saturated carbocycles. The molecule has 0 aliphatic carbocycles. The van der Waals surface area contributed by atoms with Gasteiger partial charge in [0, 0.05) is 23.4 Å². The van der Waals surface area contributed by atoms with E-state index in [1.807, 2.05) is 19.9 Å². The summed E-state index contributed by atoms with van der Waals surface area (Å²) in [6, 6.07) is 11.9. The third-order valence-electron chi connectivity index (χ3n) is 4.42. The van der Waals surface area contributed by atoms with Gasteiger partial charge in [-0.05, 0) is 66.8 Å². The zero-order chi connectivity index (χ0) is 20.1. The van der Waals surface area contributed by atoms with Crippen LogP contribution in [0.25, 0.3) is 0 Å². The van der Waals surface area contributed by atoms with Gasteiger partial charge in [-0.2, -0.15) is 0 Å². The number of carbonyl (C=O) groups is 3. The highest BCUT2D eigenvalue weighted by atomic mass is 16.5. The van der Waals surface area contributed by atoms with Crippen molar-refractivity contribution < 1.29 is 19.1 Å². The van der Waals surface area contributed by atoms with Crippen LogP contribution in [0.1, 0.15) is 53.0 Å². The number of fused-ring (bicyclic) bond motifs is 1. The number of rotatable bonds is 5. The van der Waals surface area contributed by atoms with E-state index in [1.54, 1.807) is 36.4 Å². The first kappa shape index (κ1) is 19.6. The molecule has 0 bridgehead atoms. The number of hydrogen-bond donors (Lipinski definition) is 2. The van der Waals surface area contributed by atoms with Crippen LogP contribution < -0.4 is 10.6 Å². The summed E-state index contributed by atoms with van der Waals surface area (Å²) in [5, 5.41) is 5.69. The van der Waals surface area contributed by atoms with Gasteiger partial charge in [-0.15, -0.1) is 0 Å². The summed E-state index contributed by atoms with van der Waals surface area (Å²) in [4.78, 5) is 36.1. The lowest BCUT2D eigenvalue weighted by Gasteiger charge is -2.11. The second-order valence-electron chi connectivity index (χ2n) is 7.30. The summed E-state index contributed by atoms with van der Waals surface area (Å²) in [5.74, 6) is -0.340. The van der Waals surface area contributed by atoms with Gasteiger partial charge in [0.15, 0.2) is 0 Å². The monoisotopic (exact) mass is 380 g/mol. The van der Waals surface area contributed by atoms with Gasteiger partial charge in [0.25, 0.3) is 5.91 Å². The van der Waals surface area contributed by atoms with Crippen molar-refractivity contribution in [3.63, 3.8) is 0 Å². The Morgan fingerprint density at radius 3 is 2.50 bits per heavy atom. The Kier molecular flexibility index (Phi) is 6.09. The molecule has 2 aromatic carbocycles. The molecule has 2 N–H and O–H groups in total. The lowest BCUT2D eigenvalue weighted by Crippen LogP contribution is -2.14. The molecule has 0 saturated heterocycles. The molecule has 2 aromatic rings. The quantitative estimate of drug-likeness (QED) is 0.767. The lowest BCUT2D eigenvalue weighted by atomic mass is 10.0. The highest BCUT2D eigenvalue weighted by Gasteiger charge is 2.15. The first-order valence-electron chi connectivity index (χ1n) is 9.43. The molecular weight excluding hydrogens is 356 g/mol.